The van der Waals surface area contributed by atoms with Gasteiger partial charge >= 0.3 is 0 Å². The van der Waals surface area contributed by atoms with Crippen LogP contribution in [0.5, 0.6) is 0 Å². The molecule has 0 radical (unpaired) electrons. The van der Waals surface area contributed by atoms with Crippen LogP contribution in [0.25, 0.3) is 5.57 Å². The molecule has 18 heavy (non-hydrogen) atoms. The predicted octanol–water partition coefficient (Wildman–Crippen LogP) is 3.64. The van der Waals surface area contributed by atoms with E-state index in [1.54, 1.807) is 6.20 Å². The summed E-state index contributed by atoms with van der Waals surface area (Å²) in [5.41, 5.74) is 8.05. The molecule has 0 amide bonds. The molecule has 0 saturated carbocycles. The van der Waals surface area contributed by atoms with Gasteiger partial charge in [-0.05, 0) is 11.5 Å². The number of hydrogen-bond acceptors (Lipinski definition) is 2. The van der Waals surface area contributed by atoms with E-state index in [1.165, 1.54) is 0 Å². The van der Waals surface area contributed by atoms with Crippen molar-refractivity contribution < 1.29 is 0 Å². The number of nitrogens with one attached hydrogen (secondary N) is 1. The minimum atomic E-state index is 0.413. The number of nitrogens with zero attached hydrogens (tertiary/aromatic N) is 1. The predicted molar refractivity (Wildman–Crippen MR) is 76.7 cm³/mol. The van der Waals surface area contributed by atoms with Gasteiger partial charge in [-0.2, -0.15) is 5.26 Å². The Morgan fingerprint density at radius 1 is 1.33 bits per heavy atom. The zero-order valence-electron chi connectivity index (χ0n) is 11.1. The Morgan fingerprint density at radius 3 is 2.72 bits per heavy atom. The van der Waals surface area contributed by atoms with Crippen molar-refractivity contribution in [2.75, 3.05) is 5.73 Å². The average Bonchev–Trinajstić information content (AvgIpc) is 2.62. The summed E-state index contributed by atoms with van der Waals surface area (Å²) in [5, 5.41) is 9.02. The second-order valence-electron chi connectivity index (χ2n) is 3.83. The van der Waals surface area contributed by atoms with Crippen molar-refractivity contribution >= 4 is 11.4 Å². The summed E-state index contributed by atoms with van der Waals surface area (Å²) in [6.07, 6.45) is 12.0. The summed E-state index contributed by atoms with van der Waals surface area (Å²) in [6.45, 7) is 6.11. The van der Waals surface area contributed by atoms with E-state index in [1.807, 2.05) is 32.1 Å². The van der Waals surface area contributed by atoms with E-state index in [0.717, 1.165) is 11.1 Å². The smallest absolute Gasteiger partial charge is 0.119 e. The highest BCUT2D eigenvalue weighted by molar-refractivity contribution is 5.81. The standard InChI is InChI=1S/C13H13N3.C2H6/c1-9-3-2-4-10(6-5-9)12-8-16-13(15)11(12)7-14;1-2/h2-6,8-9,16H,15H2,1H3;1-2H3. The third-order valence-corrected chi connectivity index (χ3v) is 2.60. The normalized spacial score (nSPS) is 17.2. The first kappa shape index (κ1) is 13.9. The van der Waals surface area contributed by atoms with E-state index < -0.39 is 0 Å². The Kier molecular flexibility index (Phi) is 5.01. The Labute approximate surface area is 108 Å². The quantitative estimate of drug-likeness (QED) is 0.788. The van der Waals surface area contributed by atoms with Crippen LogP contribution >= 0.6 is 0 Å². The third-order valence-electron chi connectivity index (χ3n) is 2.60. The molecule has 1 unspecified atom stereocenters. The number of rotatable bonds is 1. The molecule has 1 aromatic rings. The van der Waals surface area contributed by atoms with Crippen LogP contribution in [-0.2, 0) is 0 Å². The fraction of sp³-hybridized carbons (Fsp3) is 0.267. The Hall–Kier alpha value is -2.21. The van der Waals surface area contributed by atoms with Crippen LogP contribution in [0.4, 0.5) is 5.82 Å². The lowest BCUT2D eigenvalue weighted by Gasteiger charge is -1.98. The molecule has 1 atom stereocenters. The number of hydrogen-bond donors (Lipinski definition) is 2. The van der Waals surface area contributed by atoms with Crippen LogP contribution in [0.2, 0.25) is 0 Å². The lowest BCUT2D eigenvalue weighted by molar-refractivity contribution is 0.943. The van der Waals surface area contributed by atoms with Crippen LogP contribution in [0.3, 0.4) is 0 Å². The number of anilines is 1. The Balaban J connectivity index is 0.000000771. The van der Waals surface area contributed by atoms with Gasteiger partial charge in [0.15, 0.2) is 0 Å². The summed E-state index contributed by atoms with van der Waals surface area (Å²) in [5.74, 6) is 0.837. The molecular weight excluding hydrogens is 222 g/mol. The van der Waals surface area contributed by atoms with Gasteiger partial charge in [0.25, 0.3) is 0 Å². The topological polar surface area (TPSA) is 65.6 Å². The molecule has 94 valence electrons. The molecule has 1 aromatic heterocycles. The second kappa shape index (κ2) is 6.51. The molecule has 0 fully saturated rings. The number of aromatic nitrogens is 1. The van der Waals surface area contributed by atoms with Crippen molar-refractivity contribution in [3.05, 3.63) is 47.7 Å². The van der Waals surface area contributed by atoms with Crippen LogP contribution in [0.1, 0.15) is 31.9 Å². The maximum atomic E-state index is 9.02. The fourth-order valence-corrected chi connectivity index (χ4v) is 1.68. The molecule has 0 aliphatic heterocycles. The van der Waals surface area contributed by atoms with E-state index in [-0.39, 0.29) is 0 Å². The third kappa shape index (κ3) is 2.92. The fourth-order valence-electron chi connectivity index (χ4n) is 1.68. The molecular formula is C15H19N3. The van der Waals surface area contributed by atoms with Gasteiger partial charge in [-0.3, -0.25) is 0 Å². The van der Waals surface area contributed by atoms with E-state index in [0.29, 0.717) is 17.3 Å². The number of H-pyrrole nitrogens is 1. The van der Waals surface area contributed by atoms with Crippen molar-refractivity contribution in [2.24, 2.45) is 5.92 Å². The van der Waals surface area contributed by atoms with Crippen LogP contribution < -0.4 is 5.73 Å². The number of allylic oxidation sites excluding steroid dienone is 6. The number of aromatic amines is 1. The maximum Gasteiger partial charge on any atom is 0.119 e. The Morgan fingerprint density at radius 2 is 2.06 bits per heavy atom. The molecule has 1 aliphatic rings. The van der Waals surface area contributed by atoms with Gasteiger partial charge < -0.3 is 10.7 Å². The lowest BCUT2D eigenvalue weighted by atomic mass is 10.0. The zero-order valence-corrected chi connectivity index (χ0v) is 11.1. The van der Waals surface area contributed by atoms with Crippen molar-refractivity contribution in [3.8, 4) is 6.07 Å². The van der Waals surface area contributed by atoms with Gasteiger partial charge in [0.2, 0.25) is 0 Å². The summed E-state index contributed by atoms with van der Waals surface area (Å²) in [4.78, 5) is 2.87. The molecule has 1 heterocycles. The van der Waals surface area contributed by atoms with Gasteiger partial charge in [-0.1, -0.05) is 51.2 Å². The summed E-state index contributed by atoms with van der Waals surface area (Å²) in [6, 6.07) is 2.12. The minimum Gasteiger partial charge on any atom is -0.384 e. The molecule has 0 spiro atoms. The van der Waals surface area contributed by atoms with E-state index in [4.69, 9.17) is 11.0 Å². The van der Waals surface area contributed by atoms with Gasteiger partial charge in [0.1, 0.15) is 17.5 Å². The van der Waals surface area contributed by atoms with Crippen molar-refractivity contribution in [1.82, 2.24) is 4.98 Å². The summed E-state index contributed by atoms with van der Waals surface area (Å²) >= 11 is 0. The zero-order chi connectivity index (χ0) is 13.5. The lowest BCUT2D eigenvalue weighted by Crippen LogP contribution is -1.89. The van der Waals surface area contributed by atoms with E-state index in [9.17, 15) is 0 Å². The highest BCUT2D eigenvalue weighted by Crippen LogP contribution is 2.26. The van der Waals surface area contributed by atoms with Crippen molar-refractivity contribution in [1.29, 1.82) is 5.26 Å². The maximum absolute atomic E-state index is 9.02. The van der Waals surface area contributed by atoms with Crippen LogP contribution in [0, 0.1) is 17.2 Å². The van der Waals surface area contributed by atoms with Crippen molar-refractivity contribution in [3.63, 3.8) is 0 Å². The molecule has 0 bridgehead atoms. The molecule has 0 saturated heterocycles. The molecule has 3 nitrogen and oxygen atoms in total. The average molecular weight is 241 g/mol. The monoisotopic (exact) mass is 241 g/mol. The summed E-state index contributed by atoms with van der Waals surface area (Å²) < 4.78 is 0. The first-order chi connectivity index (χ1) is 8.72. The van der Waals surface area contributed by atoms with Crippen molar-refractivity contribution in [2.45, 2.75) is 20.8 Å². The molecule has 3 heteroatoms. The van der Waals surface area contributed by atoms with Crippen LogP contribution in [-0.4, -0.2) is 4.98 Å². The minimum absolute atomic E-state index is 0.413. The molecule has 2 rings (SSSR count). The van der Waals surface area contributed by atoms with Gasteiger partial charge in [-0.15, -0.1) is 0 Å². The second-order valence-corrected chi connectivity index (χ2v) is 3.83. The molecule has 1 aliphatic carbocycles. The number of nitriles is 1. The number of nitrogens with two attached hydrogens (primary N) is 1. The first-order valence-electron chi connectivity index (χ1n) is 6.16. The Bertz CT molecular complexity index is 524. The first-order valence-corrected chi connectivity index (χ1v) is 6.16. The van der Waals surface area contributed by atoms with E-state index >= 15 is 0 Å². The highest BCUT2D eigenvalue weighted by Gasteiger charge is 2.11. The number of nitrogen functional groups attached to an aromatic ring is 1. The molecule has 3 N–H and O–H groups in total. The summed E-state index contributed by atoms with van der Waals surface area (Å²) in [7, 11) is 0. The highest BCUT2D eigenvalue weighted by atomic mass is 14.8. The largest absolute Gasteiger partial charge is 0.384 e. The van der Waals surface area contributed by atoms with Gasteiger partial charge in [-0.25, -0.2) is 0 Å². The van der Waals surface area contributed by atoms with E-state index in [2.05, 4.69) is 30.1 Å². The van der Waals surface area contributed by atoms with Gasteiger partial charge in [0.05, 0.1) is 0 Å². The SMILES string of the molecule is CC.CC1C=CC=C(c2c[nH]c(N)c2C#N)C=C1. The molecule has 0 aromatic carbocycles. The van der Waals surface area contributed by atoms with Gasteiger partial charge in [0, 0.05) is 11.8 Å². The van der Waals surface area contributed by atoms with Crippen LogP contribution in [0.15, 0.2) is 36.6 Å².